The van der Waals surface area contributed by atoms with Crippen LogP contribution in [0.4, 0.5) is 22.2 Å². The quantitative estimate of drug-likeness (QED) is 0.286. The van der Waals surface area contributed by atoms with Crippen LogP contribution in [-0.4, -0.2) is 109 Å². The summed E-state index contributed by atoms with van der Waals surface area (Å²) in [6, 6.07) is 6.85. The number of sulfonamides is 1. The molecule has 2 aromatic rings. The molecule has 5 N–H and O–H groups in total. The van der Waals surface area contributed by atoms with Crippen LogP contribution in [0.1, 0.15) is 30.5 Å². The fraction of sp³-hybridized carbons (Fsp3) is 0.538. The number of nitrogens with one attached hydrogen (secondary N) is 2. The SMILES string of the molecule is CS(=O)(=O)N1CCN(c2nc(N3CCCC3)n(C(=O)C3CCN(C(=N)N)CC3)c2-c2ccc(NC(=O)O)cc2)CC1. The first-order chi connectivity index (χ1) is 19.5. The molecule has 1 amide bonds. The molecule has 0 saturated carbocycles. The number of amides is 1. The molecular weight excluding hydrogens is 550 g/mol. The van der Waals surface area contributed by atoms with E-state index in [4.69, 9.17) is 21.2 Å². The molecule has 0 bridgehead atoms. The van der Waals surface area contributed by atoms with E-state index in [1.807, 2.05) is 4.90 Å². The van der Waals surface area contributed by atoms with Crippen molar-refractivity contribution in [2.24, 2.45) is 11.7 Å². The molecule has 1 aromatic heterocycles. The van der Waals surface area contributed by atoms with Gasteiger partial charge in [0, 0.05) is 69.5 Å². The number of piperidine rings is 1. The Kier molecular flexibility index (Phi) is 8.09. The van der Waals surface area contributed by atoms with Gasteiger partial charge in [-0.15, -0.1) is 0 Å². The molecule has 14 nitrogen and oxygen atoms in total. The van der Waals surface area contributed by atoms with Crippen LogP contribution in [0.2, 0.25) is 0 Å². The van der Waals surface area contributed by atoms with E-state index in [0.717, 1.165) is 25.9 Å². The Balaban J connectivity index is 1.58. The zero-order chi connectivity index (χ0) is 29.3. The van der Waals surface area contributed by atoms with Crippen LogP contribution in [0.5, 0.6) is 0 Å². The summed E-state index contributed by atoms with van der Waals surface area (Å²) in [7, 11) is -3.33. The number of rotatable bonds is 6. The van der Waals surface area contributed by atoms with Crippen LogP contribution >= 0.6 is 0 Å². The number of carboxylic acid groups (broad SMARTS) is 1. The molecule has 3 aliphatic heterocycles. The molecule has 4 heterocycles. The van der Waals surface area contributed by atoms with Crippen molar-refractivity contribution in [1.29, 1.82) is 5.41 Å². The number of likely N-dealkylation sites (tertiary alicyclic amines) is 1. The predicted octanol–water partition coefficient (Wildman–Crippen LogP) is 1.57. The molecule has 0 radical (unpaired) electrons. The lowest BCUT2D eigenvalue weighted by Gasteiger charge is -2.34. The van der Waals surface area contributed by atoms with E-state index < -0.39 is 16.1 Å². The lowest BCUT2D eigenvalue weighted by molar-refractivity contribution is 0.0787. The summed E-state index contributed by atoms with van der Waals surface area (Å²) >= 11 is 0. The summed E-state index contributed by atoms with van der Waals surface area (Å²) in [5, 5.41) is 19.2. The highest BCUT2D eigenvalue weighted by Crippen LogP contribution is 2.38. The number of nitrogens with two attached hydrogens (primary N) is 1. The molecule has 222 valence electrons. The molecule has 3 aliphatic rings. The summed E-state index contributed by atoms with van der Waals surface area (Å²) in [5.74, 6) is 0.815. The number of imidazole rings is 1. The molecule has 0 atom stereocenters. The van der Waals surface area contributed by atoms with E-state index in [1.54, 1.807) is 33.7 Å². The van der Waals surface area contributed by atoms with Crippen LogP contribution in [0.3, 0.4) is 0 Å². The van der Waals surface area contributed by atoms with Gasteiger partial charge in [-0.05, 0) is 37.8 Å². The van der Waals surface area contributed by atoms with Crippen molar-refractivity contribution in [3.63, 3.8) is 0 Å². The number of piperazine rings is 1. The van der Waals surface area contributed by atoms with Gasteiger partial charge in [-0.2, -0.15) is 9.29 Å². The fourth-order valence-electron chi connectivity index (χ4n) is 5.83. The summed E-state index contributed by atoms with van der Waals surface area (Å²) < 4.78 is 27.5. The molecule has 1 aromatic carbocycles. The second-order valence-electron chi connectivity index (χ2n) is 10.8. The minimum atomic E-state index is -3.33. The van der Waals surface area contributed by atoms with Gasteiger partial charge < -0.3 is 25.5 Å². The van der Waals surface area contributed by atoms with Gasteiger partial charge in [0.15, 0.2) is 11.8 Å². The van der Waals surface area contributed by atoms with Crippen molar-refractivity contribution in [3.05, 3.63) is 24.3 Å². The van der Waals surface area contributed by atoms with Gasteiger partial charge in [0.25, 0.3) is 0 Å². The van der Waals surface area contributed by atoms with Gasteiger partial charge >= 0.3 is 6.09 Å². The summed E-state index contributed by atoms with van der Waals surface area (Å²) in [4.78, 5) is 36.5. The fourth-order valence-corrected chi connectivity index (χ4v) is 6.66. The largest absolute Gasteiger partial charge is 0.465 e. The highest BCUT2D eigenvalue weighted by Gasteiger charge is 2.36. The van der Waals surface area contributed by atoms with E-state index in [9.17, 15) is 18.0 Å². The summed E-state index contributed by atoms with van der Waals surface area (Å²) in [5.41, 5.74) is 7.40. The summed E-state index contributed by atoms with van der Waals surface area (Å²) in [6.45, 7) is 4.03. The number of anilines is 3. The highest BCUT2D eigenvalue weighted by atomic mass is 32.2. The van der Waals surface area contributed by atoms with Crippen molar-refractivity contribution in [3.8, 4) is 11.3 Å². The third-order valence-corrected chi connectivity index (χ3v) is 9.36. The van der Waals surface area contributed by atoms with Gasteiger partial charge in [-0.25, -0.2) is 17.8 Å². The first-order valence-corrected chi connectivity index (χ1v) is 15.7. The van der Waals surface area contributed by atoms with E-state index >= 15 is 0 Å². The van der Waals surface area contributed by atoms with Crippen LogP contribution in [-0.2, 0) is 10.0 Å². The Labute approximate surface area is 239 Å². The molecule has 5 rings (SSSR count). The molecular formula is C26H37N9O5S. The zero-order valence-electron chi connectivity index (χ0n) is 23.1. The number of nitrogens with zero attached hydrogens (tertiary/aromatic N) is 6. The third kappa shape index (κ3) is 6.10. The number of carbonyl (C=O) groups excluding carboxylic acids is 1. The Bertz CT molecular complexity index is 1400. The smallest absolute Gasteiger partial charge is 0.409 e. The average molecular weight is 588 g/mol. The van der Waals surface area contributed by atoms with Crippen molar-refractivity contribution < 1.29 is 23.1 Å². The third-order valence-electron chi connectivity index (χ3n) is 8.05. The van der Waals surface area contributed by atoms with Crippen molar-refractivity contribution in [2.75, 3.05) is 73.7 Å². The molecule has 0 spiro atoms. The first kappa shape index (κ1) is 28.7. The number of hydrogen-bond donors (Lipinski definition) is 4. The zero-order valence-corrected chi connectivity index (χ0v) is 23.9. The maximum atomic E-state index is 14.3. The molecule has 0 aliphatic carbocycles. The van der Waals surface area contributed by atoms with Gasteiger partial charge in [0.2, 0.25) is 21.9 Å². The Morgan fingerprint density at radius 3 is 2.12 bits per heavy atom. The molecule has 15 heteroatoms. The molecule has 41 heavy (non-hydrogen) atoms. The number of benzene rings is 1. The maximum Gasteiger partial charge on any atom is 0.409 e. The van der Waals surface area contributed by atoms with E-state index in [-0.39, 0.29) is 17.8 Å². The Morgan fingerprint density at radius 2 is 1.59 bits per heavy atom. The van der Waals surface area contributed by atoms with Crippen LogP contribution in [0.25, 0.3) is 11.3 Å². The number of carbonyl (C=O) groups is 2. The Hall–Kier alpha value is -3.85. The van der Waals surface area contributed by atoms with Crippen molar-refractivity contribution in [1.82, 2.24) is 18.8 Å². The number of aromatic nitrogens is 2. The van der Waals surface area contributed by atoms with Crippen LogP contribution in [0.15, 0.2) is 24.3 Å². The Morgan fingerprint density at radius 1 is 0.976 bits per heavy atom. The van der Waals surface area contributed by atoms with Gasteiger partial charge in [0.1, 0.15) is 5.69 Å². The molecule has 0 unspecified atom stereocenters. The van der Waals surface area contributed by atoms with Gasteiger partial charge in [-0.1, -0.05) is 12.1 Å². The van der Waals surface area contributed by atoms with E-state index in [1.165, 1.54) is 10.6 Å². The number of hydrogen-bond acceptors (Lipinski definition) is 8. The van der Waals surface area contributed by atoms with Crippen molar-refractivity contribution >= 4 is 45.4 Å². The van der Waals surface area contributed by atoms with E-state index in [2.05, 4.69) is 10.2 Å². The minimum Gasteiger partial charge on any atom is -0.465 e. The standard InChI is InChI=1S/C26H37N9O5S/c1-41(39,40)34-16-14-31(15-17-34)22-21(18-4-6-20(7-5-18)29-26(37)38)35(25(30-22)33-10-2-3-11-33)23(36)19-8-12-32(13-9-19)24(27)28/h4-7,19,29H,2-3,8-17H2,1H3,(H3,27,28)(H,37,38). The van der Waals surface area contributed by atoms with Crippen molar-refractivity contribution in [2.45, 2.75) is 25.7 Å². The molecule has 3 fully saturated rings. The predicted molar refractivity (Wildman–Crippen MR) is 156 cm³/mol. The minimum absolute atomic E-state index is 0.00237. The van der Waals surface area contributed by atoms with E-state index in [0.29, 0.717) is 80.8 Å². The first-order valence-electron chi connectivity index (χ1n) is 13.8. The number of guanidine groups is 1. The monoisotopic (exact) mass is 587 g/mol. The normalized spacial score (nSPS) is 19.0. The van der Waals surface area contributed by atoms with Gasteiger partial charge in [-0.3, -0.25) is 15.5 Å². The summed E-state index contributed by atoms with van der Waals surface area (Å²) in [6.07, 6.45) is 3.13. The topological polar surface area (TPSA) is 181 Å². The maximum absolute atomic E-state index is 14.3. The van der Waals surface area contributed by atoms with Crippen LogP contribution in [0, 0.1) is 11.3 Å². The highest BCUT2D eigenvalue weighted by molar-refractivity contribution is 7.88. The molecule has 3 saturated heterocycles. The lowest BCUT2D eigenvalue weighted by Crippen LogP contribution is -2.48. The average Bonchev–Trinajstić information content (AvgIpc) is 3.61. The second kappa shape index (κ2) is 11.6. The van der Waals surface area contributed by atoms with Crippen LogP contribution < -0.4 is 20.9 Å². The van der Waals surface area contributed by atoms with Gasteiger partial charge in [0.05, 0.1) is 6.26 Å². The lowest BCUT2D eigenvalue weighted by atomic mass is 9.95. The second-order valence-corrected chi connectivity index (χ2v) is 12.7.